The van der Waals surface area contributed by atoms with E-state index in [2.05, 4.69) is 9.88 Å². The van der Waals surface area contributed by atoms with Gasteiger partial charge in [0.15, 0.2) is 5.84 Å². The summed E-state index contributed by atoms with van der Waals surface area (Å²) in [5.74, 6) is 0.374. The summed E-state index contributed by atoms with van der Waals surface area (Å²) in [6.07, 6.45) is 5.63. The van der Waals surface area contributed by atoms with Gasteiger partial charge in [0, 0.05) is 0 Å². The van der Waals surface area contributed by atoms with Gasteiger partial charge in [-0.2, -0.15) is 0 Å². The van der Waals surface area contributed by atoms with Gasteiger partial charge in [-0.3, -0.25) is 0 Å². The van der Waals surface area contributed by atoms with Crippen LogP contribution >= 0.6 is 0 Å². The summed E-state index contributed by atoms with van der Waals surface area (Å²) in [6, 6.07) is 0. The van der Waals surface area contributed by atoms with E-state index in [-0.39, 0.29) is 11.6 Å². The first kappa shape index (κ1) is 17.2. The van der Waals surface area contributed by atoms with Crippen LogP contribution in [0, 0.1) is 5.92 Å². The number of nitrogens with one attached hydrogen (secondary N) is 1. The van der Waals surface area contributed by atoms with Crippen LogP contribution in [-0.4, -0.2) is 30.8 Å². The normalized spacial score (nSPS) is 20.9. The Labute approximate surface area is 121 Å². The fraction of sp³-hybridized carbons (Fsp3) is 0.923. The number of hydrogen-bond acceptors (Lipinski definition) is 4. The molecule has 1 rings (SSSR count). The zero-order valence-electron chi connectivity index (χ0n) is 12.4. The quantitative estimate of drug-likeness (QED) is 0.229. The Kier molecular flexibility index (Phi) is 6.26. The standard InChI is InChI=1S/C13H27N3O3S/c1-11(2)7-10-20(18,19)16-13(12(14)15-17)8-5-3-4-6-9-13/h11,16-17H,3-10H2,1-2H3,(H2,14,15). The summed E-state index contributed by atoms with van der Waals surface area (Å²) in [6.45, 7) is 3.97. The van der Waals surface area contributed by atoms with E-state index in [9.17, 15) is 8.42 Å². The molecule has 0 saturated heterocycles. The lowest BCUT2D eigenvalue weighted by Gasteiger charge is -2.32. The average molecular weight is 305 g/mol. The Morgan fingerprint density at radius 2 is 1.85 bits per heavy atom. The van der Waals surface area contributed by atoms with Gasteiger partial charge in [-0.15, -0.1) is 0 Å². The van der Waals surface area contributed by atoms with Crippen LogP contribution in [0.2, 0.25) is 0 Å². The third kappa shape index (κ3) is 4.94. The summed E-state index contributed by atoms with van der Waals surface area (Å²) < 4.78 is 27.2. The maximum atomic E-state index is 12.2. The minimum Gasteiger partial charge on any atom is -0.409 e. The van der Waals surface area contributed by atoms with Crippen LogP contribution < -0.4 is 10.5 Å². The molecule has 7 heteroatoms. The lowest BCUT2D eigenvalue weighted by Crippen LogP contribution is -2.57. The topological polar surface area (TPSA) is 105 Å². The van der Waals surface area contributed by atoms with Crippen LogP contribution in [0.3, 0.4) is 0 Å². The fourth-order valence-electron chi connectivity index (χ4n) is 2.58. The summed E-state index contributed by atoms with van der Waals surface area (Å²) in [7, 11) is -3.43. The van der Waals surface area contributed by atoms with E-state index < -0.39 is 15.6 Å². The highest BCUT2D eigenvalue weighted by molar-refractivity contribution is 7.89. The fourth-order valence-corrected chi connectivity index (χ4v) is 4.37. The van der Waals surface area contributed by atoms with Gasteiger partial charge < -0.3 is 10.9 Å². The third-order valence-corrected chi connectivity index (χ3v) is 5.34. The van der Waals surface area contributed by atoms with Crippen molar-refractivity contribution in [2.45, 2.75) is 64.3 Å². The Morgan fingerprint density at radius 3 is 2.30 bits per heavy atom. The maximum Gasteiger partial charge on any atom is 0.212 e. The van der Waals surface area contributed by atoms with Crippen molar-refractivity contribution < 1.29 is 13.6 Å². The van der Waals surface area contributed by atoms with Crippen LogP contribution in [0.4, 0.5) is 0 Å². The Hall–Kier alpha value is -0.820. The zero-order valence-corrected chi connectivity index (χ0v) is 13.2. The van der Waals surface area contributed by atoms with Gasteiger partial charge in [-0.25, -0.2) is 13.1 Å². The second-order valence-electron chi connectivity index (χ2n) is 6.09. The van der Waals surface area contributed by atoms with E-state index in [0.29, 0.717) is 25.2 Å². The van der Waals surface area contributed by atoms with Crippen molar-refractivity contribution in [1.29, 1.82) is 0 Å². The molecule has 4 N–H and O–H groups in total. The molecule has 0 amide bonds. The van der Waals surface area contributed by atoms with E-state index in [1.807, 2.05) is 13.8 Å². The number of sulfonamides is 1. The van der Waals surface area contributed by atoms with E-state index >= 15 is 0 Å². The molecule has 20 heavy (non-hydrogen) atoms. The molecular weight excluding hydrogens is 278 g/mol. The molecule has 1 saturated carbocycles. The van der Waals surface area contributed by atoms with E-state index in [1.54, 1.807) is 0 Å². The number of hydrogen-bond donors (Lipinski definition) is 3. The Balaban J connectivity index is 2.89. The van der Waals surface area contributed by atoms with Crippen molar-refractivity contribution in [2.75, 3.05) is 5.75 Å². The van der Waals surface area contributed by atoms with Crippen molar-refractivity contribution in [3.05, 3.63) is 0 Å². The Morgan fingerprint density at radius 1 is 1.30 bits per heavy atom. The molecule has 0 aromatic heterocycles. The highest BCUT2D eigenvalue weighted by Gasteiger charge is 2.39. The molecule has 0 aliphatic heterocycles. The monoisotopic (exact) mass is 305 g/mol. The second kappa shape index (κ2) is 7.26. The van der Waals surface area contributed by atoms with Crippen molar-refractivity contribution in [1.82, 2.24) is 4.72 Å². The molecule has 1 fully saturated rings. The van der Waals surface area contributed by atoms with E-state index in [1.165, 1.54) is 0 Å². The van der Waals surface area contributed by atoms with Crippen LogP contribution in [0.5, 0.6) is 0 Å². The lowest BCUT2D eigenvalue weighted by molar-refractivity contribution is 0.306. The largest absolute Gasteiger partial charge is 0.409 e. The molecule has 1 aliphatic rings. The predicted molar refractivity (Wildman–Crippen MR) is 80.2 cm³/mol. The van der Waals surface area contributed by atoms with Crippen molar-refractivity contribution in [3.63, 3.8) is 0 Å². The molecule has 0 spiro atoms. The summed E-state index contributed by atoms with van der Waals surface area (Å²) >= 11 is 0. The molecule has 0 bridgehead atoms. The molecule has 6 nitrogen and oxygen atoms in total. The van der Waals surface area contributed by atoms with Crippen LogP contribution in [0.1, 0.15) is 58.8 Å². The minimum absolute atomic E-state index is 0.0208. The highest BCUT2D eigenvalue weighted by Crippen LogP contribution is 2.28. The van der Waals surface area contributed by atoms with Crippen LogP contribution in [-0.2, 0) is 10.0 Å². The molecular formula is C13H27N3O3S. The number of nitrogens with two attached hydrogens (primary N) is 1. The van der Waals surface area contributed by atoms with Gasteiger partial charge in [0.05, 0.1) is 11.3 Å². The lowest BCUT2D eigenvalue weighted by atomic mass is 9.90. The van der Waals surface area contributed by atoms with Crippen LogP contribution in [0.25, 0.3) is 0 Å². The predicted octanol–water partition coefficient (Wildman–Crippen LogP) is 1.79. The van der Waals surface area contributed by atoms with Gasteiger partial charge in [-0.1, -0.05) is 44.7 Å². The summed E-state index contributed by atoms with van der Waals surface area (Å²) in [4.78, 5) is 0. The van der Waals surface area contributed by atoms with Gasteiger partial charge in [0.2, 0.25) is 10.0 Å². The molecule has 0 heterocycles. The molecule has 0 unspecified atom stereocenters. The maximum absolute atomic E-state index is 12.2. The van der Waals surface area contributed by atoms with Crippen molar-refractivity contribution >= 4 is 15.9 Å². The zero-order chi connectivity index (χ0) is 15.2. The first-order valence-electron chi connectivity index (χ1n) is 7.31. The van der Waals surface area contributed by atoms with Crippen molar-refractivity contribution in [3.8, 4) is 0 Å². The van der Waals surface area contributed by atoms with E-state index in [4.69, 9.17) is 10.9 Å². The summed E-state index contributed by atoms with van der Waals surface area (Å²) in [5, 5.41) is 12.1. The number of oxime groups is 1. The molecule has 1 aliphatic carbocycles. The first-order valence-corrected chi connectivity index (χ1v) is 8.96. The smallest absolute Gasteiger partial charge is 0.212 e. The third-order valence-electron chi connectivity index (χ3n) is 3.87. The van der Waals surface area contributed by atoms with Crippen molar-refractivity contribution in [2.24, 2.45) is 16.8 Å². The molecule has 0 aromatic carbocycles. The first-order chi connectivity index (χ1) is 9.31. The van der Waals surface area contributed by atoms with Gasteiger partial charge in [0.1, 0.15) is 0 Å². The number of amidine groups is 1. The molecule has 0 atom stereocenters. The Bertz CT molecular complexity index is 424. The van der Waals surface area contributed by atoms with Gasteiger partial charge in [-0.05, 0) is 25.2 Å². The SMILES string of the molecule is CC(C)CCS(=O)(=O)NC1(C(N)=NO)CCCCCC1. The highest BCUT2D eigenvalue weighted by atomic mass is 32.2. The minimum atomic E-state index is -3.43. The average Bonchev–Trinajstić information content (AvgIpc) is 2.61. The summed E-state index contributed by atoms with van der Waals surface area (Å²) in [5.41, 5.74) is 4.87. The number of nitrogens with zero attached hydrogens (tertiary/aromatic N) is 1. The molecule has 0 aromatic rings. The second-order valence-corrected chi connectivity index (χ2v) is 7.93. The van der Waals surface area contributed by atoms with E-state index in [0.717, 1.165) is 25.7 Å². The van der Waals surface area contributed by atoms with Crippen LogP contribution in [0.15, 0.2) is 5.16 Å². The molecule has 0 radical (unpaired) electrons. The molecule has 118 valence electrons. The number of rotatable bonds is 6. The van der Waals surface area contributed by atoms with Gasteiger partial charge >= 0.3 is 0 Å². The van der Waals surface area contributed by atoms with Gasteiger partial charge in [0.25, 0.3) is 0 Å².